The Bertz CT molecular complexity index is 818. The SMILES string of the molecule is C/C=C/CC(NC(=O)C(C)NS(=O)(=O)c1ccc(NC(C)=O)cc1)C(=O)O. The highest BCUT2D eigenvalue weighted by atomic mass is 32.2. The summed E-state index contributed by atoms with van der Waals surface area (Å²) in [5, 5.41) is 13.9. The number of carbonyl (C=O) groups is 3. The molecule has 27 heavy (non-hydrogen) atoms. The zero-order valence-corrected chi connectivity index (χ0v) is 16.0. The minimum absolute atomic E-state index is 0.0850. The van der Waals surface area contributed by atoms with E-state index in [1.54, 1.807) is 19.1 Å². The molecule has 2 atom stereocenters. The van der Waals surface area contributed by atoms with Crippen LogP contribution in [0.1, 0.15) is 27.2 Å². The van der Waals surface area contributed by atoms with Crippen molar-refractivity contribution in [2.24, 2.45) is 0 Å². The highest BCUT2D eigenvalue weighted by Crippen LogP contribution is 2.14. The number of allylic oxidation sites excluding steroid dienone is 1. The molecule has 0 radical (unpaired) electrons. The Morgan fingerprint density at radius 2 is 1.78 bits per heavy atom. The van der Waals surface area contributed by atoms with Crippen molar-refractivity contribution in [1.82, 2.24) is 10.0 Å². The number of amides is 2. The third-order valence-electron chi connectivity index (χ3n) is 3.43. The molecule has 1 aromatic carbocycles. The largest absolute Gasteiger partial charge is 0.480 e. The first kappa shape index (κ1) is 22.3. The Morgan fingerprint density at radius 3 is 2.26 bits per heavy atom. The fraction of sp³-hybridized carbons (Fsp3) is 0.353. The molecule has 148 valence electrons. The van der Waals surface area contributed by atoms with E-state index in [9.17, 15) is 22.8 Å². The lowest BCUT2D eigenvalue weighted by molar-refractivity contribution is -0.141. The molecule has 1 aromatic rings. The molecule has 9 nitrogen and oxygen atoms in total. The van der Waals surface area contributed by atoms with Gasteiger partial charge in [-0.3, -0.25) is 9.59 Å². The second-order valence-electron chi connectivity index (χ2n) is 5.75. The monoisotopic (exact) mass is 397 g/mol. The van der Waals surface area contributed by atoms with Crippen LogP contribution in [0.2, 0.25) is 0 Å². The third kappa shape index (κ3) is 7.19. The molecule has 0 saturated heterocycles. The predicted molar refractivity (Wildman–Crippen MR) is 99.5 cm³/mol. The average Bonchev–Trinajstić information content (AvgIpc) is 2.57. The Labute approximate surface area is 157 Å². The number of sulfonamides is 1. The molecule has 0 heterocycles. The normalized spacial score (nSPS) is 13.7. The van der Waals surface area contributed by atoms with Gasteiger partial charge in [0.15, 0.2) is 0 Å². The first-order valence-electron chi connectivity index (χ1n) is 8.11. The van der Waals surface area contributed by atoms with Crippen LogP contribution < -0.4 is 15.4 Å². The fourth-order valence-electron chi connectivity index (χ4n) is 2.07. The van der Waals surface area contributed by atoms with Crippen LogP contribution in [-0.4, -0.2) is 43.4 Å². The van der Waals surface area contributed by atoms with Gasteiger partial charge in [0.25, 0.3) is 0 Å². The van der Waals surface area contributed by atoms with Crippen molar-refractivity contribution in [3.05, 3.63) is 36.4 Å². The van der Waals surface area contributed by atoms with E-state index in [2.05, 4.69) is 15.4 Å². The molecule has 0 aromatic heterocycles. The summed E-state index contributed by atoms with van der Waals surface area (Å²) in [6, 6.07) is 3.06. The maximum atomic E-state index is 12.4. The summed E-state index contributed by atoms with van der Waals surface area (Å²) in [7, 11) is -4.01. The van der Waals surface area contributed by atoms with Gasteiger partial charge < -0.3 is 15.7 Å². The molecular weight excluding hydrogens is 374 g/mol. The number of carboxylic acid groups (broad SMARTS) is 1. The van der Waals surface area contributed by atoms with Crippen molar-refractivity contribution in [2.45, 2.75) is 44.2 Å². The van der Waals surface area contributed by atoms with Crippen molar-refractivity contribution < 1.29 is 27.9 Å². The molecule has 4 N–H and O–H groups in total. The van der Waals surface area contributed by atoms with E-state index in [4.69, 9.17) is 5.11 Å². The van der Waals surface area contributed by atoms with E-state index in [-0.39, 0.29) is 17.2 Å². The Kier molecular flexibility index (Phi) is 8.13. The second-order valence-corrected chi connectivity index (χ2v) is 7.47. The Hall–Kier alpha value is -2.72. The van der Waals surface area contributed by atoms with Gasteiger partial charge in [-0.1, -0.05) is 12.2 Å². The lowest BCUT2D eigenvalue weighted by atomic mass is 10.2. The topological polar surface area (TPSA) is 142 Å². The molecule has 2 unspecified atom stereocenters. The molecule has 0 spiro atoms. The van der Waals surface area contributed by atoms with Gasteiger partial charge in [-0.2, -0.15) is 4.72 Å². The number of hydrogen-bond donors (Lipinski definition) is 4. The van der Waals surface area contributed by atoms with Crippen molar-refractivity contribution in [3.8, 4) is 0 Å². The minimum Gasteiger partial charge on any atom is -0.480 e. The predicted octanol–water partition coefficient (Wildman–Crippen LogP) is 0.847. The van der Waals surface area contributed by atoms with Crippen LogP contribution in [0, 0.1) is 0 Å². The van der Waals surface area contributed by atoms with Gasteiger partial charge in [0.05, 0.1) is 10.9 Å². The summed E-state index contributed by atoms with van der Waals surface area (Å²) in [4.78, 5) is 34.2. The molecule has 0 aliphatic carbocycles. The number of rotatable bonds is 9. The number of carboxylic acids is 1. The summed E-state index contributed by atoms with van der Waals surface area (Å²) in [6.45, 7) is 4.36. The first-order valence-corrected chi connectivity index (χ1v) is 9.59. The summed E-state index contributed by atoms with van der Waals surface area (Å²) < 4.78 is 26.9. The molecule has 1 rings (SSSR count). The van der Waals surface area contributed by atoms with Gasteiger partial charge in [0, 0.05) is 12.6 Å². The second kappa shape index (κ2) is 9.83. The van der Waals surface area contributed by atoms with Crippen molar-refractivity contribution in [3.63, 3.8) is 0 Å². The number of benzene rings is 1. The molecule has 2 amide bonds. The average molecular weight is 397 g/mol. The van der Waals surface area contributed by atoms with Crippen LogP contribution in [-0.2, 0) is 24.4 Å². The summed E-state index contributed by atoms with van der Waals surface area (Å²) in [5.74, 6) is -2.27. The summed E-state index contributed by atoms with van der Waals surface area (Å²) >= 11 is 0. The number of aliphatic carboxylic acids is 1. The smallest absolute Gasteiger partial charge is 0.326 e. The summed E-state index contributed by atoms with van der Waals surface area (Å²) in [6.07, 6.45) is 3.32. The maximum Gasteiger partial charge on any atom is 0.326 e. The standard InChI is InChI=1S/C17H23N3O6S/c1-4-5-6-15(17(23)24)19-16(22)11(2)20-27(25,26)14-9-7-13(8-10-14)18-12(3)21/h4-5,7-11,15,20H,6H2,1-3H3,(H,18,21)(H,19,22)(H,23,24)/b5-4+. The van der Waals surface area contributed by atoms with Crippen LogP contribution in [0.4, 0.5) is 5.69 Å². The zero-order valence-electron chi connectivity index (χ0n) is 15.2. The van der Waals surface area contributed by atoms with E-state index >= 15 is 0 Å². The zero-order chi connectivity index (χ0) is 20.6. The van der Waals surface area contributed by atoms with E-state index in [1.165, 1.54) is 38.1 Å². The van der Waals surface area contributed by atoms with Gasteiger partial charge in [-0.05, 0) is 44.5 Å². The summed E-state index contributed by atoms with van der Waals surface area (Å²) in [5.41, 5.74) is 0.431. The number of nitrogens with one attached hydrogen (secondary N) is 3. The number of anilines is 1. The van der Waals surface area contributed by atoms with Gasteiger partial charge in [0.1, 0.15) is 6.04 Å². The molecule has 0 fully saturated rings. The maximum absolute atomic E-state index is 12.4. The van der Waals surface area contributed by atoms with Crippen molar-refractivity contribution in [1.29, 1.82) is 0 Å². The molecule has 10 heteroatoms. The van der Waals surface area contributed by atoms with E-state index in [0.29, 0.717) is 5.69 Å². The molecule has 0 bridgehead atoms. The lowest BCUT2D eigenvalue weighted by Crippen LogP contribution is -2.50. The van der Waals surface area contributed by atoms with Crippen molar-refractivity contribution >= 4 is 33.5 Å². The molecule has 0 aliphatic heterocycles. The van der Waals surface area contributed by atoms with Crippen molar-refractivity contribution in [2.75, 3.05) is 5.32 Å². The van der Waals surface area contributed by atoms with Crippen LogP contribution in [0.15, 0.2) is 41.3 Å². The quantitative estimate of drug-likeness (QED) is 0.455. The van der Waals surface area contributed by atoms with Gasteiger partial charge in [-0.15, -0.1) is 0 Å². The molecule has 0 aliphatic rings. The van der Waals surface area contributed by atoms with E-state index in [0.717, 1.165) is 0 Å². The first-order chi connectivity index (χ1) is 12.6. The lowest BCUT2D eigenvalue weighted by Gasteiger charge is -2.18. The Balaban J connectivity index is 2.80. The van der Waals surface area contributed by atoms with Crippen LogP contribution in [0.3, 0.4) is 0 Å². The van der Waals surface area contributed by atoms with Crippen LogP contribution >= 0.6 is 0 Å². The highest BCUT2D eigenvalue weighted by molar-refractivity contribution is 7.89. The van der Waals surface area contributed by atoms with E-state index < -0.39 is 34.0 Å². The number of carbonyl (C=O) groups excluding carboxylic acids is 2. The van der Waals surface area contributed by atoms with Gasteiger partial charge in [0.2, 0.25) is 21.8 Å². The third-order valence-corrected chi connectivity index (χ3v) is 4.99. The number of hydrogen-bond acceptors (Lipinski definition) is 5. The minimum atomic E-state index is -4.01. The van der Waals surface area contributed by atoms with Gasteiger partial charge in [-0.25, -0.2) is 13.2 Å². The van der Waals surface area contributed by atoms with E-state index in [1.807, 2.05) is 0 Å². The highest BCUT2D eigenvalue weighted by Gasteiger charge is 2.25. The molecular formula is C17H23N3O6S. The molecule has 0 saturated carbocycles. The van der Waals surface area contributed by atoms with Crippen LogP contribution in [0.25, 0.3) is 0 Å². The van der Waals surface area contributed by atoms with Crippen LogP contribution in [0.5, 0.6) is 0 Å². The Morgan fingerprint density at radius 1 is 1.19 bits per heavy atom. The van der Waals surface area contributed by atoms with Gasteiger partial charge >= 0.3 is 5.97 Å². The fourth-order valence-corrected chi connectivity index (χ4v) is 3.27.